The molecule has 0 fully saturated rings. The molecule has 2 nitrogen and oxygen atoms in total. The molecule has 0 unspecified atom stereocenters. The largest absolute Gasteiger partial charge is 0.254 e. The Kier molecular flexibility index (Phi) is 2.73. The third kappa shape index (κ3) is 1.85. The first-order valence-electron chi connectivity index (χ1n) is 5.72. The van der Waals surface area contributed by atoms with Crippen molar-refractivity contribution in [1.29, 1.82) is 0 Å². The van der Waals surface area contributed by atoms with E-state index in [9.17, 15) is 0 Å². The average Bonchev–Trinajstić information content (AvgIpc) is 2.44. The van der Waals surface area contributed by atoms with Gasteiger partial charge in [-0.15, -0.1) is 0 Å². The van der Waals surface area contributed by atoms with Crippen LogP contribution >= 0.6 is 11.6 Å². The highest BCUT2D eigenvalue weighted by Crippen LogP contribution is 2.26. The summed E-state index contributed by atoms with van der Waals surface area (Å²) in [4.78, 5) is 8.55. The fourth-order valence-corrected chi connectivity index (χ4v) is 2.14. The second-order valence-electron chi connectivity index (χ2n) is 4.20. The molecule has 0 radical (unpaired) electrons. The van der Waals surface area contributed by atoms with E-state index in [1.54, 1.807) is 6.20 Å². The van der Waals surface area contributed by atoms with Crippen molar-refractivity contribution in [1.82, 2.24) is 9.97 Å². The van der Waals surface area contributed by atoms with Gasteiger partial charge in [0.05, 0.1) is 11.7 Å². The Labute approximate surface area is 110 Å². The number of aromatic nitrogens is 2. The van der Waals surface area contributed by atoms with E-state index in [0.29, 0.717) is 5.15 Å². The Morgan fingerprint density at radius 2 is 1.72 bits per heavy atom. The van der Waals surface area contributed by atoms with Crippen molar-refractivity contribution in [2.45, 2.75) is 6.92 Å². The Morgan fingerprint density at radius 1 is 0.944 bits per heavy atom. The Balaban J connectivity index is 2.25. The zero-order valence-corrected chi connectivity index (χ0v) is 10.6. The van der Waals surface area contributed by atoms with Crippen LogP contribution in [-0.4, -0.2) is 9.97 Å². The molecule has 0 spiro atoms. The van der Waals surface area contributed by atoms with E-state index in [2.05, 4.69) is 28.2 Å². The number of pyridine rings is 2. The van der Waals surface area contributed by atoms with Gasteiger partial charge in [-0.05, 0) is 24.1 Å². The third-order valence-corrected chi connectivity index (χ3v) is 3.42. The first-order valence-corrected chi connectivity index (χ1v) is 6.10. The first kappa shape index (κ1) is 11.2. The monoisotopic (exact) mass is 254 g/mol. The number of halogens is 1. The Bertz CT molecular complexity index is 708. The normalized spacial score (nSPS) is 10.8. The summed E-state index contributed by atoms with van der Waals surface area (Å²) in [5, 5.41) is 1.59. The lowest BCUT2D eigenvalue weighted by molar-refractivity contribution is 1.27. The van der Waals surface area contributed by atoms with Crippen LogP contribution in [0.3, 0.4) is 0 Å². The number of hydrogen-bond acceptors (Lipinski definition) is 2. The van der Waals surface area contributed by atoms with E-state index in [0.717, 1.165) is 27.6 Å². The fourth-order valence-electron chi connectivity index (χ4n) is 1.99. The van der Waals surface area contributed by atoms with Gasteiger partial charge in [0.1, 0.15) is 5.15 Å². The van der Waals surface area contributed by atoms with Crippen LogP contribution in [0.1, 0.15) is 5.56 Å². The maximum Gasteiger partial charge on any atom is 0.132 e. The summed E-state index contributed by atoms with van der Waals surface area (Å²) in [7, 11) is 0. The quantitative estimate of drug-likeness (QED) is 0.607. The number of aryl methyl sites for hydroxylation is 1. The lowest BCUT2D eigenvalue weighted by Crippen LogP contribution is -1.88. The number of rotatable bonds is 1. The van der Waals surface area contributed by atoms with E-state index >= 15 is 0 Å². The summed E-state index contributed by atoms with van der Waals surface area (Å²) in [6.07, 6.45) is 3.58. The standard InChI is InChI=1S/C15H11ClN2/c1-10-13-7-12(11-5-3-2-4-6-11)8-17-14(13)9-18-15(10)16/h2-9H,1H3. The van der Waals surface area contributed by atoms with E-state index in [-0.39, 0.29) is 0 Å². The van der Waals surface area contributed by atoms with Gasteiger partial charge in [-0.1, -0.05) is 41.9 Å². The van der Waals surface area contributed by atoms with Crippen LogP contribution in [0.2, 0.25) is 5.15 Å². The van der Waals surface area contributed by atoms with Crippen LogP contribution < -0.4 is 0 Å². The van der Waals surface area contributed by atoms with Gasteiger partial charge in [-0.2, -0.15) is 0 Å². The van der Waals surface area contributed by atoms with Gasteiger partial charge in [0.25, 0.3) is 0 Å². The highest BCUT2D eigenvalue weighted by molar-refractivity contribution is 6.31. The maximum atomic E-state index is 6.05. The smallest absolute Gasteiger partial charge is 0.132 e. The van der Waals surface area contributed by atoms with E-state index in [1.807, 2.05) is 31.3 Å². The van der Waals surface area contributed by atoms with Gasteiger partial charge in [0.2, 0.25) is 0 Å². The molecule has 2 heterocycles. The van der Waals surface area contributed by atoms with Crippen LogP contribution in [-0.2, 0) is 0 Å². The van der Waals surface area contributed by atoms with Gasteiger partial charge in [-0.25, -0.2) is 4.98 Å². The van der Waals surface area contributed by atoms with Gasteiger partial charge < -0.3 is 0 Å². The molecule has 0 aliphatic carbocycles. The molecule has 0 saturated carbocycles. The lowest BCUT2D eigenvalue weighted by Gasteiger charge is -2.06. The molecule has 18 heavy (non-hydrogen) atoms. The van der Waals surface area contributed by atoms with Crippen molar-refractivity contribution < 1.29 is 0 Å². The Morgan fingerprint density at radius 3 is 2.50 bits per heavy atom. The highest BCUT2D eigenvalue weighted by Gasteiger charge is 2.06. The summed E-state index contributed by atoms with van der Waals surface area (Å²) in [6, 6.07) is 12.3. The van der Waals surface area contributed by atoms with Crippen LogP contribution in [0.25, 0.3) is 22.0 Å². The second-order valence-corrected chi connectivity index (χ2v) is 4.55. The summed E-state index contributed by atoms with van der Waals surface area (Å²) in [5.74, 6) is 0. The van der Waals surface area contributed by atoms with E-state index in [1.165, 1.54) is 0 Å². The van der Waals surface area contributed by atoms with E-state index in [4.69, 9.17) is 11.6 Å². The SMILES string of the molecule is Cc1c(Cl)ncc2ncc(-c3ccccc3)cc12. The van der Waals surface area contributed by atoms with Crippen LogP contribution in [0.5, 0.6) is 0 Å². The highest BCUT2D eigenvalue weighted by atomic mass is 35.5. The van der Waals surface area contributed by atoms with Crippen molar-refractivity contribution in [3.05, 3.63) is 59.5 Å². The molecule has 0 bridgehead atoms. The molecule has 0 saturated heterocycles. The van der Waals surface area contributed by atoms with Crippen LogP contribution in [0, 0.1) is 6.92 Å². The summed E-state index contributed by atoms with van der Waals surface area (Å²) < 4.78 is 0. The predicted octanol–water partition coefficient (Wildman–Crippen LogP) is 4.26. The second kappa shape index (κ2) is 4.39. The van der Waals surface area contributed by atoms with Crippen LogP contribution in [0.15, 0.2) is 48.8 Å². The average molecular weight is 255 g/mol. The molecule has 1 aromatic carbocycles. The number of benzene rings is 1. The zero-order valence-electron chi connectivity index (χ0n) is 9.89. The molecule has 3 heteroatoms. The third-order valence-electron chi connectivity index (χ3n) is 3.04. The fraction of sp³-hybridized carbons (Fsp3) is 0.0667. The molecule has 0 atom stereocenters. The van der Waals surface area contributed by atoms with Gasteiger partial charge in [0, 0.05) is 17.1 Å². The van der Waals surface area contributed by atoms with Crippen molar-refractivity contribution in [2.24, 2.45) is 0 Å². The molecule has 0 aliphatic heterocycles. The molecular weight excluding hydrogens is 244 g/mol. The molecule has 0 aliphatic rings. The van der Waals surface area contributed by atoms with Gasteiger partial charge in [-0.3, -0.25) is 4.98 Å². The number of fused-ring (bicyclic) bond motifs is 1. The zero-order chi connectivity index (χ0) is 12.5. The molecular formula is C15H11ClN2. The lowest BCUT2D eigenvalue weighted by atomic mass is 10.0. The predicted molar refractivity (Wildman–Crippen MR) is 74.7 cm³/mol. The number of hydrogen-bond donors (Lipinski definition) is 0. The minimum absolute atomic E-state index is 0.537. The molecule has 3 rings (SSSR count). The summed E-state index contributed by atoms with van der Waals surface area (Å²) >= 11 is 6.05. The van der Waals surface area contributed by atoms with Crippen molar-refractivity contribution in [3.8, 4) is 11.1 Å². The summed E-state index contributed by atoms with van der Waals surface area (Å²) in [5.41, 5.74) is 4.09. The van der Waals surface area contributed by atoms with Crippen molar-refractivity contribution >= 4 is 22.5 Å². The molecule has 2 aromatic heterocycles. The first-order chi connectivity index (χ1) is 8.75. The molecule has 0 N–H and O–H groups in total. The van der Waals surface area contributed by atoms with Crippen LogP contribution in [0.4, 0.5) is 0 Å². The van der Waals surface area contributed by atoms with Gasteiger partial charge >= 0.3 is 0 Å². The minimum atomic E-state index is 0.537. The summed E-state index contributed by atoms with van der Waals surface area (Å²) in [6.45, 7) is 1.97. The minimum Gasteiger partial charge on any atom is -0.254 e. The number of nitrogens with zero attached hydrogens (tertiary/aromatic N) is 2. The Hall–Kier alpha value is -1.93. The topological polar surface area (TPSA) is 25.8 Å². The van der Waals surface area contributed by atoms with Crippen molar-refractivity contribution in [3.63, 3.8) is 0 Å². The molecule has 88 valence electrons. The maximum absolute atomic E-state index is 6.05. The molecule has 3 aromatic rings. The van der Waals surface area contributed by atoms with Gasteiger partial charge in [0.15, 0.2) is 0 Å². The van der Waals surface area contributed by atoms with Crippen molar-refractivity contribution in [2.75, 3.05) is 0 Å². The molecule has 0 amide bonds. The van der Waals surface area contributed by atoms with E-state index < -0.39 is 0 Å².